The Hall–Kier alpha value is -1.47. The van der Waals surface area contributed by atoms with E-state index in [1.807, 2.05) is 5.01 Å². The summed E-state index contributed by atoms with van der Waals surface area (Å²) in [4.78, 5) is 10.9. The minimum atomic E-state index is -0.392. The summed E-state index contributed by atoms with van der Waals surface area (Å²) in [5.74, 6) is 0. The summed E-state index contributed by atoms with van der Waals surface area (Å²) in [6.07, 6.45) is 1.66. The van der Waals surface area contributed by atoms with E-state index < -0.39 is 4.92 Å². The maximum Gasteiger partial charge on any atom is 0.324 e. The molecule has 0 saturated carbocycles. The first-order valence-corrected chi connectivity index (χ1v) is 5.68. The van der Waals surface area contributed by atoms with Crippen LogP contribution in [0.4, 0.5) is 5.00 Å². The van der Waals surface area contributed by atoms with Crippen molar-refractivity contribution in [3.63, 3.8) is 0 Å². The van der Waals surface area contributed by atoms with Gasteiger partial charge in [-0.25, -0.2) is 0 Å². The second-order valence-corrected chi connectivity index (χ2v) is 4.34. The van der Waals surface area contributed by atoms with Crippen molar-refractivity contribution in [3.05, 3.63) is 27.1 Å². The Morgan fingerprint density at radius 3 is 2.88 bits per heavy atom. The molecule has 0 aliphatic carbocycles. The number of nitrogens with zero attached hydrogens (tertiary/aromatic N) is 3. The zero-order chi connectivity index (χ0) is 11.4. The fourth-order valence-corrected chi connectivity index (χ4v) is 2.01. The molecular weight excluding hydrogens is 230 g/mol. The lowest BCUT2D eigenvalue weighted by Gasteiger charge is -2.23. The van der Waals surface area contributed by atoms with Crippen LogP contribution in [0, 0.1) is 10.1 Å². The standard InChI is InChI=1S/C9H11N3O3S/c13-12(14)9-2-1-8(16-9)7-10-11-3-5-15-6-4-11/h1-2,7H,3-6H2. The second kappa shape index (κ2) is 5.04. The van der Waals surface area contributed by atoms with Gasteiger partial charge < -0.3 is 4.74 Å². The van der Waals surface area contributed by atoms with Crippen LogP contribution >= 0.6 is 11.3 Å². The molecule has 16 heavy (non-hydrogen) atoms. The van der Waals surface area contributed by atoms with E-state index in [-0.39, 0.29) is 5.00 Å². The zero-order valence-electron chi connectivity index (χ0n) is 8.54. The third-order valence-corrected chi connectivity index (χ3v) is 3.10. The van der Waals surface area contributed by atoms with Crippen molar-refractivity contribution in [2.75, 3.05) is 26.3 Å². The molecule has 6 nitrogen and oxygen atoms in total. The highest BCUT2D eigenvalue weighted by Crippen LogP contribution is 2.22. The van der Waals surface area contributed by atoms with Crippen molar-refractivity contribution in [1.29, 1.82) is 0 Å². The fraction of sp³-hybridized carbons (Fsp3) is 0.444. The summed E-state index contributed by atoms with van der Waals surface area (Å²) in [6.45, 7) is 2.90. The van der Waals surface area contributed by atoms with Crippen molar-refractivity contribution >= 4 is 22.6 Å². The molecule has 0 bridgehead atoms. The molecule has 2 rings (SSSR count). The van der Waals surface area contributed by atoms with E-state index in [0.29, 0.717) is 13.2 Å². The molecule has 1 aromatic heterocycles. The number of ether oxygens (including phenoxy) is 1. The van der Waals surface area contributed by atoms with E-state index in [1.165, 1.54) is 6.07 Å². The average molecular weight is 241 g/mol. The van der Waals surface area contributed by atoms with Crippen LogP contribution in [0.2, 0.25) is 0 Å². The molecule has 0 spiro atoms. The van der Waals surface area contributed by atoms with Gasteiger partial charge in [-0.05, 0) is 6.07 Å². The van der Waals surface area contributed by atoms with Gasteiger partial charge in [0.2, 0.25) is 0 Å². The molecule has 86 valence electrons. The summed E-state index contributed by atoms with van der Waals surface area (Å²) in [7, 11) is 0. The smallest absolute Gasteiger partial charge is 0.324 e. The third kappa shape index (κ3) is 2.77. The van der Waals surface area contributed by atoms with Crippen LogP contribution in [0.1, 0.15) is 4.88 Å². The van der Waals surface area contributed by atoms with Crippen LogP contribution in [-0.4, -0.2) is 42.5 Å². The van der Waals surface area contributed by atoms with Gasteiger partial charge in [-0.15, -0.1) is 0 Å². The Labute approximate surface area is 96.3 Å². The Bertz CT molecular complexity index is 398. The molecule has 0 amide bonds. The van der Waals surface area contributed by atoms with Gasteiger partial charge >= 0.3 is 5.00 Å². The number of hydrogen-bond acceptors (Lipinski definition) is 6. The predicted octanol–water partition coefficient (Wildman–Crippen LogP) is 1.32. The molecule has 0 radical (unpaired) electrons. The van der Waals surface area contributed by atoms with Gasteiger partial charge in [0.1, 0.15) is 0 Å². The van der Waals surface area contributed by atoms with E-state index in [9.17, 15) is 10.1 Å². The van der Waals surface area contributed by atoms with Crippen molar-refractivity contribution in [3.8, 4) is 0 Å². The molecule has 0 atom stereocenters. The summed E-state index contributed by atoms with van der Waals surface area (Å²) in [5.41, 5.74) is 0. The van der Waals surface area contributed by atoms with Crippen molar-refractivity contribution in [2.45, 2.75) is 0 Å². The maximum atomic E-state index is 10.5. The maximum absolute atomic E-state index is 10.5. The first-order chi connectivity index (χ1) is 7.75. The fourth-order valence-electron chi connectivity index (χ4n) is 1.32. The first kappa shape index (κ1) is 11.0. The molecule has 2 heterocycles. The molecule has 0 aromatic carbocycles. The van der Waals surface area contributed by atoms with Gasteiger partial charge in [0.05, 0.1) is 42.3 Å². The first-order valence-electron chi connectivity index (χ1n) is 4.86. The Morgan fingerprint density at radius 1 is 1.50 bits per heavy atom. The molecule has 0 N–H and O–H groups in total. The summed E-state index contributed by atoms with van der Waals surface area (Å²) in [6, 6.07) is 3.19. The minimum absolute atomic E-state index is 0.142. The highest BCUT2D eigenvalue weighted by molar-refractivity contribution is 7.16. The van der Waals surface area contributed by atoms with Crippen LogP contribution < -0.4 is 0 Å². The number of thiophene rings is 1. The zero-order valence-corrected chi connectivity index (χ0v) is 9.35. The van der Waals surface area contributed by atoms with Crippen LogP contribution in [0.3, 0.4) is 0 Å². The molecule has 0 unspecified atom stereocenters. The molecule has 7 heteroatoms. The van der Waals surface area contributed by atoms with Crippen LogP contribution in [0.15, 0.2) is 17.2 Å². The lowest BCUT2D eigenvalue weighted by molar-refractivity contribution is -0.380. The van der Waals surface area contributed by atoms with Gasteiger partial charge in [-0.2, -0.15) is 5.10 Å². The average Bonchev–Trinajstić information content (AvgIpc) is 2.76. The van der Waals surface area contributed by atoms with Gasteiger partial charge in [0, 0.05) is 6.07 Å². The molecule has 1 aliphatic rings. The number of nitro groups is 1. The second-order valence-electron chi connectivity index (χ2n) is 3.24. The highest BCUT2D eigenvalue weighted by atomic mass is 32.1. The summed E-state index contributed by atoms with van der Waals surface area (Å²) in [5, 5.41) is 16.7. The third-order valence-electron chi connectivity index (χ3n) is 2.13. The normalized spacial score (nSPS) is 16.9. The van der Waals surface area contributed by atoms with Crippen molar-refractivity contribution in [1.82, 2.24) is 5.01 Å². The summed E-state index contributed by atoms with van der Waals surface area (Å²) < 4.78 is 5.19. The lowest BCUT2D eigenvalue weighted by atomic mass is 10.5. The molecule has 1 fully saturated rings. The number of hydrazone groups is 1. The molecule has 1 aliphatic heterocycles. The highest BCUT2D eigenvalue weighted by Gasteiger charge is 2.09. The molecular formula is C9H11N3O3S. The van der Waals surface area contributed by atoms with Crippen molar-refractivity contribution < 1.29 is 9.66 Å². The quantitative estimate of drug-likeness (QED) is 0.454. The SMILES string of the molecule is O=[N+]([O-])c1ccc(C=NN2CCOCC2)s1. The largest absolute Gasteiger partial charge is 0.378 e. The van der Waals surface area contributed by atoms with Crippen LogP contribution in [0.5, 0.6) is 0 Å². The Balaban J connectivity index is 1.96. The minimum Gasteiger partial charge on any atom is -0.378 e. The van der Waals surface area contributed by atoms with E-state index in [1.54, 1.807) is 12.3 Å². The Morgan fingerprint density at radius 2 is 2.25 bits per heavy atom. The number of hydrogen-bond donors (Lipinski definition) is 0. The van der Waals surface area contributed by atoms with E-state index in [0.717, 1.165) is 29.3 Å². The van der Waals surface area contributed by atoms with Gasteiger partial charge in [0.15, 0.2) is 0 Å². The van der Waals surface area contributed by atoms with E-state index >= 15 is 0 Å². The number of morpholine rings is 1. The summed E-state index contributed by atoms with van der Waals surface area (Å²) >= 11 is 1.12. The van der Waals surface area contributed by atoms with Crippen LogP contribution in [-0.2, 0) is 4.74 Å². The number of rotatable bonds is 3. The van der Waals surface area contributed by atoms with Gasteiger partial charge in [-0.3, -0.25) is 15.1 Å². The van der Waals surface area contributed by atoms with Crippen LogP contribution in [0.25, 0.3) is 0 Å². The lowest BCUT2D eigenvalue weighted by Crippen LogP contribution is -2.32. The molecule has 1 saturated heterocycles. The predicted molar refractivity (Wildman–Crippen MR) is 61.0 cm³/mol. The van der Waals surface area contributed by atoms with Crippen molar-refractivity contribution in [2.24, 2.45) is 5.10 Å². The molecule has 1 aromatic rings. The Kier molecular flexibility index (Phi) is 3.47. The van der Waals surface area contributed by atoms with E-state index in [4.69, 9.17) is 4.74 Å². The van der Waals surface area contributed by atoms with Gasteiger partial charge in [0.25, 0.3) is 0 Å². The topological polar surface area (TPSA) is 68.0 Å². The monoisotopic (exact) mass is 241 g/mol. The van der Waals surface area contributed by atoms with Gasteiger partial charge in [-0.1, -0.05) is 11.3 Å². The van der Waals surface area contributed by atoms with E-state index in [2.05, 4.69) is 5.10 Å².